The Balaban J connectivity index is 1.77. The lowest BCUT2D eigenvalue weighted by Gasteiger charge is -2.38. The second-order valence-corrected chi connectivity index (χ2v) is 8.16. The van der Waals surface area contributed by atoms with Crippen LogP contribution in [0.3, 0.4) is 0 Å². The molecule has 0 amide bonds. The number of piperazine rings is 1. The van der Waals surface area contributed by atoms with Gasteiger partial charge >= 0.3 is 0 Å². The monoisotopic (exact) mass is 387 g/mol. The van der Waals surface area contributed by atoms with Crippen molar-refractivity contribution in [1.82, 2.24) is 14.9 Å². The van der Waals surface area contributed by atoms with Crippen molar-refractivity contribution in [3.8, 4) is 0 Å². The van der Waals surface area contributed by atoms with Gasteiger partial charge in [0.25, 0.3) is 0 Å². The van der Waals surface area contributed by atoms with Crippen LogP contribution in [0.1, 0.15) is 6.42 Å². The van der Waals surface area contributed by atoms with Crippen LogP contribution < -0.4 is 14.9 Å². The van der Waals surface area contributed by atoms with Crippen molar-refractivity contribution in [2.45, 2.75) is 6.42 Å². The van der Waals surface area contributed by atoms with E-state index in [4.69, 9.17) is 11.6 Å². The fourth-order valence-electron chi connectivity index (χ4n) is 2.75. The van der Waals surface area contributed by atoms with Crippen LogP contribution >= 0.6 is 11.6 Å². The first-order chi connectivity index (χ1) is 11.9. The number of rotatable bonds is 6. The molecule has 1 aromatic rings. The van der Waals surface area contributed by atoms with Gasteiger partial charge in [-0.3, -0.25) is 4.99 Å². The molecule has 0 spiro atoms. The molecule has 0 bridgehead atoms. The predicted molar refractivity (Wildman–Crippen MR) is 104 cm³/mol. The summed E-state index contributed by atoms with van der Waals surface area (Å²) in [5.41, 5.74) is 1.07. The maximum atomic E-state index is 11.0. The highest BCUT2D eigenvalue weighted by Crippen LogP contribution is 2.25. The van der Waals surface area contributed by atoms with E-state index in [0.29, 0.717) is 19.5 Å². The van der Waals surface area contributed by atoms with Gasteiger partial charge in [-0.25, -0.2) is 13.1 Å². The molecule has 1 fully saturated rings. The molecule has 1 aliphatic heterocycles. The third-order valence-corrected chi connectivity index (χ3v) is 5.03. The standard InChI is InChI=1S/C16H26ClN5O2S/c1-18-16(19-8-5-9-20-25(2,23)24)22-12-10-21(11-13-22)15-7-4-3-6-14(15)17/h3-4,6-7,20H,5,8-13H2,1-2H3,(H,18,19). The molecule has 1 saturated heterocycles. The first-order valence-corrected chi connectivity index (χ1v) is 10.6. The SMILES string of the molecule is CN=C(NCCCNS(C)(=O)=O)N1CCN(c2ccccc2Cl)CC1. The molecule has 0 aromatic heterocycles. The number of nitrogens with one attached hydrogen (secondary N) is 2. The van der Waals surface area contributed by atoms with Crippen LogP contribution in [0, 0.1) is 0 Å². The van der Waals surface area contributed by atoms with Gasteiger partial charge in [0.05, 0.1) is 17.0 Å². The molecule has 0 aliphatic carbocycles. The predicted octanol–water partition coefficient (Wildman–Crippen LogP) is 0.977. The number of guanidine groups is 1. The summed E-state index contributed by atoms with van der Waals surface area (Å²) in [5.74, 6) is 0.846. The van der Waals surface area contributed by atoms with Crippen LogP contribution in [-0.4, -0.2) is 71.8 Å². The zero-order valence-corrected chi connectivity index (χ0v) is 16.3. The van der Waals surface area contributed by atoms with Crippen LogP contribution in [0.2, 0.25) is 5.02 Å². The van der Waals surface area contributed by atoms with E-state index in [0.717, 1.165) is 49.1 Å². The fourth-order valence-corrected chi connectivity index (χ4v) is 3.52. The zero-order chi connectivity index (χ0) is 18.3. The van der Waals surface area contributed by atoms with Crippen LogP contribution in [0.4, 0.5) is 5.69 Å². The maximum Gasteiger partial charge on any atom is 0.208 e. The Labute approximate surface area is 155 Å². The quantitative estimate of drug-likeness (QED) is 0.432. The minimum Gasteiger partial charge on any atom is -0.367 e. The average molecular weight is 388 g/mol. The molecule has 0 radical (unpaired) electrons. The zero-order valence-electron chi connectivity index (χ0n) is 14.7. The Kier molecular flexibility index (Phi) is 7.34. The second-order valence-electron chi connectivity index (χ2n) is 5.92. The molecule has 0 atom stereocenters. The van der Waals surface area contributed by atoms with E-state index in [1.165, 1.54) is 0 Å². The molecule has 2 N–H and O–H groups in total. The summed E-state index contributed by atoms with van der Waals surface area (Å²) < 4.78 is 24.5. The number of sulfonamides is 1. The van der Waals surface area contributed by atoms with E-state index < -0.39 is 10.0 Å². The topological polar surface area (TPSA) is 77.0 Å². The first kappa shape index (κ1) is 19.8. The Bertz CT molecular complexity index is 688. The fraction of sp³-hybridized carbons (Fsp3) is 0.562. The highest BCUT2D eigenvalue weighted by atomic mass is 35.5. The molecule has 7 nitrogen and oxygen atoms in total. The molecule has 2 rings (SSSR count). The van der Waals surface area contributed by atoms with Crippen molar-refractivity contribution in [3.63, 3.8) is 0 Å². The van der Waals surface area contributed by atoms with Crippen molar-refractivity contribution >= 4 is 33.3 Å². The van der Waals surface area contributed by atoms with Gasteiger partial charge in [0, 0.05) is 46.3 Å². The largest absolute Gasteiger partial charge is 0.367 e. The number of hydrogen-bond acceptors (Lipinski definition) is 4. The highest BCUT2D eigenvalue weighted by Gasteiger charge is 2.20. The van der Waals surface area contributed by atoms with Gasteiger partial charge in [-0.2, -0.15) is 0 Å². The summed E-state index contributed by atoms with van der Waals surface area (Å²) >= 11 is 6.27. The summed E-state index contributed by atoms with van der Waals surface area (Å²) in [7, 11) is -1.36. The molecular weight excluding hydrogens is 362 g/mol. The number of aliphatic imine (C=N–C) groups is 1. The number of para-hydroxylation sites is 1. The normalized spacial score (nSPS) is 16.2. The van der Waals surface area contributed by atoms with Gasteiger partial charge in [-0.05, 0) is 18.6 Å². The van der Waals surface area contributed by atoms with Gasteiger partial charge in [0.1, 0.15) is 0 Å². The van der Waals surface area contributed by atoms with Crippen molar-refractivity contribution in [2.24, 2.45) is 4.99 Å². The number of halogens is 1. The molecule has 1 aromatic carbocycles. The average Bonchev–Trinajstić information content (AvgIpc) is 2.58. The lowest BCUT2D eigenvalue weighted by molar-refractivity contribution is 0.372. The van der Waals surface area contributed by atoms with Gasteiger partial charge in [0.15, 0.2) is 5.96 Å². The Hall–Kier alpha value is -1.51. The van der Waals surface area contributed by atoms with Gasteiger partial charge in [-0.15, -0.1) is 0 Å². The Morgan fingerprint density at radius 3 is 2.48 bits per heavy atom. The molecule has 0 saturated carbocycles. The summed E-state index contributed by atoms with van der Waals surface area (Å²) in [6, 6.07) is 7.89. The number of nitrogens with zero attached hydrogens (tertiary/aromatic N) is 3. The van der Waals surface area contributed by atoms with E-state index in [1.807, 2.05) is 24.3 Å². The lowest BCUT2D eigenvalue weighted by atomic mass is 10.2. The molecule has 9 heteroatoms. The Morgan fingerprint density at radius 2 is 1.88 bits per heavy atom. The summed E-state index contributed by atoms with van der Waals surface area (Å²) in [6.07, 6.45) is 1.86. The summed E-state index contributed by atoms with van der Waals surface area (Å²) in [4.78, 5) is 8.81. The highest BCUT2D eigenvalue weighted by molar-refractivity contribution is 7.88. The van der Waals surface area contributed by atoms with Crippen molar-refractivity contribution < 1.29 is 8.42 Å². The summed E-state index contributed by atoms with van der Waals surface area (Å²) in [6.45, 7) is 4.54. The molecule has 1 aliphatic rings. The number of anilines is 1. The second kappa shape index (κ2) is 9.26. The van der Waals surface area contributed by atoms with E-state index in [-0.39, 0.29) is 0 Å². The Morgan fingerprint density at radius 1 is 1.20 bits per heavy atom. The van der Waals surface area contributed by atoms with Crippen LogP contribution in [0.15, 0.2) is 29.3 Å². The minimum absolute atomic E-state index is 0.420. The third kappa shape index (κ3) is 6.37. The summed E-state index contributed by atoms with van der Waals surface area (Å²) in [5, 5.41) is 4.06. The first-order valence-electron chi connectivity index (χ1n) is 8.30. The molecule has 25 heavy (non-hydrogen) atoms. The van der Waals surface area contributed by atoms with E-state index in [2.05, 4.69) is 24.8 Å². The molecule has 0 unspecified atom stereocenters. The third-order valence-electron chi connectivity index (χ3n) is 3.99. The lowest BCUT2D eigenvalue weighted by Crippen LogP contribution is -2.52. The molecular formula is C16H26ClN5O2S. The smallest absolute Gasteiger partial charge is 0.208 e. The van der Waals surface area contributed by atoms with Crippen LogP contribution in [0.5, 0.6) is 0 Å². The van der Waals surface area contributed by atoms with E-state index in [1.54, 1.807) is 7.05 Å². The van der Waals surface area contributed by atoms with Crippen LogP contribution in [-0.2, 0) is 10.0 Å². The van der Waals surface area contributed by atoms with E-state index >= 15 is 0 Å². The van der Waals surface area contributed by atoms with Crippen molar-refractivity contribution in [3.05, 3.63) is 29.3 Å². The number of benzene rings is 1. The van der Waals surface area contributed by atoms with Gasteiger partial charge in [-0.1, -0.05) is 23.7 Å². The van der Waals surface area contributed by atoms with Gasteiger partial charge in [0.2, 0.25) is 10.0 Å². The van der Waals surface area contributed by atoms with E-state index in [9.17, 15) is 8.42 Å². The van der Waals surface area contributed by atoms with Crippen LogP contribution in [0.25, 0.3) is 0 Å². The maximum absolute atomic E-state index is 11.0. The molecule has 1 heterocycles. The van der Waals surface area contributed by atoms with Gasteiger partial charge < -0.3 is 15.1 Å². The number of hydrogen-bond donors (Lipinski definition) is 2. The minimum atomic E-state index is -3.12. The van der Waals surface area contributed by atoms with Crippen molar-refractivity contribution in [1.29, 1.82) is 0 Å². The van der Waals surface area contributed by atoms with Crippen molar-refractivity contribution in [2.75, 3.05) is 57.5 Å². The molecule has 140 valence electrons.